The minimum absolute atomic E-state index is 0.354. The Hall–Kier alpha value is -1.24. The van der Waals surface area contributed by atoms with Gasteiger partial charge in [-0.15, -0.1) is 0 Å². The van der Waals surface area contributed by atoms with E-state index in [9.17, 15) is 0 Å². The minimum atomic E-state index is 0.354. The summed E-state index contributed by atoms with van der Waals surface area (Å²) in [6, 6.07) is 0. The Morgan fingerprint density at radius 3 is 2.76 bits per heavy atom. The fraction of sp³-hybridized carbons (Fsp3) is 0.500. The second-order valence-corrected chi connectivity index (χ2v) is 6.04. The van der Waals surface area contributed by atoms with Gasteiger partial charge in [-0.1, -0.05) is 45.1 Å². The number of aryl methyl sites for hydroxylation is 1. The summed E-state index contributed by atoms with van der Waals surface area (Å²) in [5.74, 6) is 0. The number of hydrogen-bond acceptors (Lipinski definition) is 0. The van der Waals surface area contributed by atoms with E-state index >= 15 is 0 Å². The van der Waals surface area contributed by atoms with Crippen LogP contribution in [0.2, 0.25) is 0 Å². The zero-order valence-corrected chi connectivity index (χ0v) is 11.4. The van der Waals surface area contributed by atoms with Crippen LogP contribution in [0.5, 0.6) is 0 Å². The van der Waals surface area contributed by atoms with Gasteiger partial charge in [0.25, 0.3) is 0 Å². The predicted molar refractivity (Wildman–Crippen MR) is 76.1 cm³/mol. The molecular weight excluding hydrogens is 206 g/mol. The number of allylic oxidation sites excluding steroid dienone is 1. The molecular formula is C16H23N. The van der Waals surface area contributed by atoms with Gasteiger partial charge in [-0.2, -0.15) is 0 Å². The summed E-state index contributed by atoms with van der Waals surface area (Å²) in [7, 11) is 0. The second kappa shape index (κ2) is 4.56. The summed E-state index contributed by atoms with van der Waals surface area (Å²) < 4.78 is 0. The highest BCUT2D eigenvalue weighted by Crippen LogP contribution is 2.18. The van der Waals surface area contributed by atoms with Crippen LogP contribution in [0.1, 0.15) is 51.8 Å². The Kier molecular flexibility index (Phi) is 3.28. The highest BCUT2D eigenvalue weighted by atomic mass is 14.7. The molecule has 0 fully saturated rings. The first-order valence-corrected chi connectivity index (χ1v) is 6.55. The van der Waals surface area contributed by atoms with Gasteiger partial charge < -0.3 is 4.98 Å². The molecule has 1 aliphatic rings. The Bertz CT molecular complexity index is 535. The van der Waals surface area contributed by atoms with E-state index in [0.717, 1.165) is 19.3 Å². The average molecular weight is 229 g/mol. The van der Waals surface area contributed by atoms with Gasteiger partial charge in [0.2, 0.25) is 0 Å². The van der Waals surface area contributed by atoms with Gasteiger partial charge in [-0.3, -0.25) is 0 Å². The maximum absolute atomic E-state index is 3.59. The maximum Gasteiger partial charge on any atom is 0.0418 e. The normalized spacial score (nSPS) is 17.6. The third-order valence-electron chi connectivity index (χ3n) is 3.24. The van der Waals surface area contributed by atoms with Crippen molar-refractivity contribution >= 4 is 18.2 Å². The average Bonchev–Trinajstić information content (AvgIpc) is 2.63. The molecule has 0 aromatic carbocycles. The summed E-state index contributed by atoms with van der Waals surface area (Å²) in [5.41, 5.74) is 3.16. The van der Waals surface area contributed by atoms with E-state index in [-0.39, 0.29) is 0 Å². The molecule has 1 aromatic heterocycles. The van der Waals surface area contributed by atoms with Gasteiger partial charge in [-0.05, 0) is 31.6 Å². The number of hydrogen-bond donors (Lipinski definition) is 1. The Labute approximate surface area is 104 Å². The molecule has 0 amide bonds. The SMILES string of the molecule is C/C=c1/c2c([nH]/c1=C/CC(C)(C)C)CCC=C2. The molecule has 1 heteroatoms. The number of H-pyrrole nitrogens is 1. The van der Waals surface area contributed by atoms with Gasteiger partial charge in [0.05, 0.1) is 0 Å². The topological polar surface area (TPSA) is 15.8 Å². The van der Waals surface area contributed by atoms with E-state index in [4.69, 9.17) is 0 Å². The Balaban J connectivity index is 2.50. The number of nitrogens with one attached hydrogen (secondary N) is 1. The third kappa shape index (κ3) is 2.71. The Morgan fingerprint density at radius 2 is 2.12 bits per heavy atom. The first-order chi connectivity index (χ1) is 8.01. The van der Waals surface area contributed by atoms with Crippen molar-refractivity contribution in [3.63, 3.8) is 0 Å². The lowest BCUT2D eigenvalue weighted by atomic mass is 9.92. The highest BCUT2D eigenvalue weighted by Gasteiger charge is 2.10. The van der Waals surface area contributed by atoms with Crippen molar-refractivity contribution in [2.24, 2.45) is 5.41 Å². The summed E-state index contributed by atoms with van der Waals surface area (Å²) in [6.45, 7) is 8.96. The van der Waals surface area contributed by atoms with Crippen LogP contribution in [0.3, 0.4) is 0 Å². The van der Waals surface area contributed by atoms with Gasteiger partial charge in [0.1, 0.15) is 0 Å². The van der Waals surface area contributed by atoms with Gasteiger partial charge in [-0.25, -0.2) is 0 Å². The fourth-order valence-corrected chi connectivity index (χ4v) is 2.30. The maximum atomic E-state index is 3.59. The molecule has 1 aliphatic carbocycles. The molecule has 0 bridgehead atoms. The summed E-state index contributed by atoms with van der Waals surface area (Å²) in [6.07, 6.45) is 12.5. The standard InChI is InChI=1S/C16H23N/c1-5-12-13-8-6-7-9-14(13)17-15(12)10-11-16(2,3)4/h5-6,8,10,17H,7,9,11H2,1-4H3/b12-5-,15-10+. The molecule has 1 N–H and O–H groups in total. The van der Waals surface area contributed by atoms with Gasteiger partial charge in [0, 0.05) is 21.8 Å². The number of aromatic nitrogens is 1. The van der Waals surface area contributed by atoms with Crippen molar-refractivity contribution in [2.75, 3.05) is 0 Å². The van der Waals surface area contributed by atoms with Crippen LogP contribution < -0.4 is 10.6 Å². The largest absolute Gasteiger partial charge is 0.358 e. The van der Waals surface area contributed by atoms with E-state index in [2.05, 4.69) is 57.0 Å². The molecule has 0 saturated carbocycles. The third-order valence-corrected chi connectivity index (χ3v) is 3.24. The lowest BCUT2D eigenvalue weighted by Gasteiger charge is -2.14. The van der Waals surface area contributed by atoms with Crippen LogP contribution in [0.25, 0.3) is 18.2 Å². The first kappa shape index (κ1) is 12.2. The summed E-state index contributed by atoms with van der Waals surface area (Å²) in [5, 5.41) is 2.68. The first-order valence-electron chi connectivity index (χ1n) is 6.55. The zero-order valence-electron chi connectivity index (χ0n) is 11.4. The lowest BCUT2D eigenvalue weighted by Crippen LogP contribution is -2.24. The highest BCUT2D eigenvalue weighted by molar-refractivity contribution is 5.57. The Morgan fingerprint density at radius 1 is 1.35 bits per heavy atom. The molecule has 0 saturated heterocycles. The molecule has 2 rings (SSSR count). The molecule has 0 atom stereocenters. The van der Waals surface area contributed by atoms with Crippen molar-refractivity contribution in [1.29, 1.82) is 0 Å². The zero-order chi connectivity index (χ0) is 12.5. The van der Waals surface area contributed by atoms with Crippen LogP contribution in [0.4, 0.5) is 0 Å². The molecule has 0 aliphatic heterocycles. The molecule has 0 spiro atoms. The molecule has 1 aromatic rings. The van der Waals surface area contributed by atoms with Crippen molar-refractivity contribution in [2.45, 2.75) is 47.0 Å². The van der Waals surface area contributed by atoms with Crippen molar-refractivity contribution in [3.05, 3.63) is 27.9 Å². The summed E-state index contributed by atoms with van der Waals surface area (Å²) >= 11 is 0. The second-order valence-electron chi connectivity index (χ2n) is 6.04. The molecule has 1 nitrogen and oxygen atoms in total. The minimum Gasteiger partial charge on any atom is -0.358 e. The molecule has 92 valence electrons. The van der Waals surface area contributed by atoms with Crippen molar-refractivity contribution < 1.29 is 0 Å². The van der Waals surface area contributed by atoms with E-state index < -0.39 is 0 Å². The fourth-order valence-electron chi connectivity index (χ4n) is 2.30. The van der Waals surface area contributed by atoms with Crippen molar-refractivity contribution in [3.8, 4) is 0 Å². The molecule has 17 heavy (non-hydrogen) atoms. The van der Waals surface area contributed by atoms with Crippen LogP contribution in [-0.4, -0.2) is 4.98 Å². The lowest BCUT2D eigenvalue weighted by molar-refractivity contribution is 0.431. The van der Waals surface area contributed by atoms with Crippen LogP contribution in [0, 0.1) is 5.41 Å². The molecule has 0 radical (unpaired) electrons. The van der Waals surface area contributed by atoms with Crippen molar-refractivity contribution in [1.82, 2.24) is 4.98 Å². The quantitative estimate of drug-likeness (QED) is 0.762. The summed E-state index contributed by atoms with van der Waals surface area (Å²) in [4.78, 5) is 3.59. The van der Waals surface area contributed by atoms with E-state index in [1.165, 1.54) is 21.8 Å². The van der Waals surface area contributed by atoms with Crippen LogP contribution in [-0.2, 0) is 6.42 Å². The van der Waals surface area contributed by atoms with E-state index in [1.807, 2.05) is 0 Å². The van der Waals surface area contributed by atoms with Gasteiger partial charge >= 0.3 is 0 Å². The molecule has 0 unspecified atom stereocenters. The van der Waals surface area contributed by atoms with Crippen LogP contribution >= 0.6 is 0 Å². The smallest absolute Gasteiger partial charge is 0.0418 e. The number of aromatic amines is 1. The predicted octanol–water partition coefficient (Wildman–Crippen LogP) is 2.99. The monoisotopic (exact) mass is 229 g/mol. The van der Waals surface area contributed by atoms with Crippen LogP contribution in [0.15, 0.2) is 6.08 Å². The number of rotatable bonds is 1. The van der Waals surface area contributed by atoms with E-state index in [1.54, 1.807) is 0 Å². The van der Waals surface area contributed by atoms with Gasteiger partial charge in [0.15, 0.2) is 0 Å². The molecule has 1 heterocycles. The van der Waals surface area contributed by atoms with E-state index in [0.29, 0.717) is 5.41 Å². The number of fused-ring (bicyclic) bond motifs is 1.